The lowest BCUT2D eigenvalue weighted by molar-refractivity contribution is -0.123. The number of hydrogen-bond donors (Lipinski definition) is 0. The number of benzene rings is 2. The number of carbonyl (C=O) groups is 1. The van der Waals surface area contributed by atoms with Crippen molar-refractivity contribution in [3.63, 3.8) is 0 Å². The van der Waals surface area contributed by atoms with E-state index in [2.05, 4.69) is 23.1 Å². The number of para-hydroxylation sites is 2. The number of rotatable bonds is 4. The highest BCUT2D eigenvalue weighted by molar-refractivity contribution is 7.18. The van der Waals surface area contributed by atoms with Crippen LogP contribution in [-0.4, -0.2) is 35.4 Å². The molecule has 1 aliphatic rings. The lowest BCUT2D eigenvalue weighted by Crippen LogP contribution is -2.45. The third-order valence-electron chi connectivity index (χ3n) is 5.22. The highest BCUT2D eigenvalue weighted by atomic mass is 32.1. The molecule has 26 heavy (non-hydrogen) atoms. The molecule has 2 heterocycles. The summed E-state index contributed by atoms with van der Waals surface area (Å²) in [6.07, 6.45) is 2.17. The van der Waals surface area contributed by atoms with Crippen LogP contribution >= 0.6 is 11.3 Å². The van der Waals surface area contributed by atoms with Gasteiger partial charge in [-0.1, -0.05) is 30.3 Å². The highest BCUT2D eigenvalue weighted by Crippen LogP contribution is 2.37. The van der Waals surface area contributed by atoms with E-state index >= 15 is 0 Å². The van der Waals surface area contributed by atoms with Gasteiger partial charge in [0.2, 0.25) is 5.91 Å². The molecule has 1 saturated heterocycles. The molecular formula is C21H23N3OS. The number of amides is 1. The molecule has 1 aromatic heterocycles. The Morgan fingerprint density at radius 2 is 1.92 bits per heavy atom. The lowest BCUT2D eigenvalue weighted by atomic mass is 10.1. The van der Waals surface area contributed by atoms with Crippen molar-refractivity contribution in [2.24, 2.45) is 0 Å². The Morgan fingerprint density at radius 1 is 1.19 bits per heavy atom. The summed E-state index contributed by atoms with van der Waals surface area (Å²) < 4.78 is 1.22. The first-order valence-corrected chi connectivity index (χ1v) is 9.90. The number of aromatic nitrogens is 1. The summed E-state index contributed by atoms with van der Waals surface area (Å²) in [5, 5.41) is 1.13. The topological polar surface area (TPSA) is 36.4 Å². The van der Waals surface area contributed by atoms with Crippen LogP contribution in [0.2, 0.25) is 0 Å². The van der Waals surface area contributed by atoms with E-state index in [1.807, 2.05) is 50.4 Å². The first-order valence-electron chi connectivity index (χ1n) is 9.09. The van der Waals surface area contributed by atoms with Crippen LogP contribution in [0.3, 0.4) is 0 Å². The van der Waals surface area contributed by atoms with Crippen molar-refractivity contribution in [3.8, 4) is 0 Å². The number of nitrogens with zero attached hydrogens (tertiary/aromatic N) is 3. The molecule has 2 atom stereocenters. The molecule has 2 unspecified atom stereocenters. The molecule has 4 nitrogen and oxygen atoms in total. The maximum atomic E-state index is 13.0. The fourth-order valence-corrected chi connectivity index (χ4v) is 4.87. The van der Waals surface area contributed by atoms with Gasteiger partial charge in [0, 0.05) is 12.7 Å². The average Bonchev–Trinajstić information content (AvgIpc) is 3.33. The van der Waals surface area contributed by atoms with Crippen LogP contribution in [-0.2, 0) is 4.79 Å². The van der Waals surface area contributed by atoms with Crippen molar-refractivity contribution in [2.45, 2.75) is 31.8 Å². The zero-order chi connectivity index (χ0) is 18.1. The smallest absolute Gasteiger partial charge is 0.243 e. The van der Waals surface area contributed by atoms with E-state index in [1.165, 1.54) is 4.70 Å². The Hall–Kier alpha value is -2.24. The minimum atomic E-state index is -0.167. The van der Waals surface area contributed by atoms with Crippen molar-refractivity contribution in [2.75, 3.05) is 18.5 Å². The second-order valence-corrected chi connectivity index (χ2v) is 7.89. The van der Waals surface area contributed by atoms with Crippen LogP contribution in [0.4, 0.5) is 5.69 Å². The van der Waals surface area contributed by atoms with Gasteiger partial charge in [-0.25, -0.2) is 4.98 Å². The number of fused-ring (bicyclic) bond motifs is 1. The normalized spacial score (nSPS) is 18.9. The zero-order valence-corrected chi connectivity index (χ0v) is 15.9. The van der Waals surface area contributed by atoms with Crippen LogP contribution in [0.1, 0.15) is 30.8 Å². The molecule has 0 N–H and O–H groups in total. The fourth-order valence-electron chi connectivity index (χ4n) is 3.75. The molecule has 2 aromatic carbocycles. The SMILES string of the molecule is CC(C(=O)N(C)c1ccccc1)N1CCCC1c1nc2ccccc2s1. The van der Waals surface area contributed by atoms with E-state index < -0.39 is 0 Å². The Kier molecular flexibility index (Phi) is 4.74. The van der Waals surface area contributed by atoms with Gasteiger partial charge in [0.05, 0.1) is 22.3 Å². The number of anilines is 1. The summed E-state index contributed by atoms with van der Waals surface area (Å²) >= 11 is 1.75. The predicted octanol–water partition coefficient (Wildman–Crippen LogP) is 4.48. The van der Waals surface area contributed by atoms with Gasteiger partial charge in [-0.15, -0.1) is 11.3 Å². The molecule has 3 aromatic rings. The molecule has 0 saturated carbocycles. The zero-order valence-electron chi connectivity index (χ0n) is 15.1. The molecular weight excluding hydrogens is 342 g/mol. The van der Waals surface area contributed by atoms with Gasteiger partial charge < -0.3 is 4.90 Å². The molecule has 5 heteroatoms. The van der Waals surface area contributed by atoms with Crippen LogP contribution in [0.15, 0.2) is 54.6 Å². The van der Waals surface area contributed by atoms with E-state index in [1.54, 1.807) is 16.2 Å². The minimum Gasteiger partial charge on any atom is -0.314 e. The minimum absolute atomic E-state index is 0.129. The van der Waals surface area contributed by atoms with Crippen molar-refractivity contribution in [3.05, 3.63) is 59.6 Å². The Labute approximate surface area is 158 Å². The molecule has 4 rings (SSSR count). The monoisotopic (exact) mass is 365 g/mol. The molecule has 0 spiro atoms. The number of thiazole rings is 1. The quantitative estimate of drug-likeness (QED) is 0.684. The highest BCUT2D eigenvalue weighted by Gasteiger charge is 2.36. The summed E-state index contributed by atoms with van der Waals surface area (Å²) in [6, 6.07) is 18.2. The third kappa shape index (κ3) is 3.13. The van der Waals surface area contributed by atoms with Gasteiger partial charge in [0.25, 0.3) is 0 Å². The Morgan fingerprint density at radius 3 is 2.69 bits per heavy atom. The maximum absolute atomic E-state index is 13.0. The van der Waals surface area contributed by atoms with E-state index in [0.717, 1.165) is 35.6 Å². The van der Waals surface area contributed by atoms with Crippen molar-refractivity contribution in [1.82, 2.24) is 9.88 Å². The van der Waals surface area contributed by atoms with Gasteiger partial charge >= 0.3 is 0 Å². The van der Waals surface area contributed by atoms with Gasteiger partial charge in [-0.3, -0.25) is 9.69 Å². The fraction of sp³-hybridized carbons (Fsp3) is 0.333. The summed E-state index contributed by atoms with van der Waals surface area (Å²) in [7, 11) is 1.86. The second-order valence-electron chi connectivity index (χ2n) is 6.82. The Balaban J connectivity index is 1.56. The van der Waals surface area contributed by atoms with Crippen LogP contribution in [0.5, 0.6) is 0 Å². The van der Waals surface area contributed by atoms with Gasteiger partial charge in [-0.2, -0.15) is 0 Å². The van der Waals surface area contributed by atoms with E-state index in [-0.39, 0.29) is 18.0 Å². The Bertz CT molecular complexity index is 875. The summed E-state index contributed by atoms with van der Waals surface area (Å²) in [5.74, 6) is 0.129. The molecule has 1 aliphatic heterocycles. The summed E-state index contributed by atoms with van der Waals surface area (Å²) in [6.45, 7) is 2.96. The molecule has 0 bridgehead atoms. The van der Waals surface area contributed by atoms with E-state index in [0.29, 0.717) is 0 Å². The van der Waals surface area contributed by atoms with E-state index in [4.69, 9.17) is 4.98 Å². The molecule has 0 aliphatic carbocycles. The largest absolute Gasteiger partial charge is 0.314 e. The standard InChI is InChI=1S/C21H23N3OS/c1-15(21(25)23(2)16-9-4-3-5-10-16)24-14-8-12-18(24)20-22-17-11-6-7-13-19(17)26-20/h3-7,9-11,13,15,18H,8,12,14H2,1-2H3. The first-order chi connectivity index (χ1) is 12.6. The van der Waals surface area contributed by atoms with Gasteiger partial charge in [0.15, 0.2) is 0 Å². The third-order valence-corrected chi connectivity index (χ3v) is 6.36. The number of carbonyl (C=O) groups excluding carboxylic acids is 1. The van der Waals surface area contributed by atoms with Crippen molar-refractivity contribution in [1.29, 1.82) is 0 Å². The average molecular weight is 366 g/mol. The van der Waals surface area contributed by atoms with Crippen LogP contribution in [0, 0.1) is 0 Å². The van der Waals surface area contributed by atoms with Crippen molar-refractivity contribution < 1.29 is 4.79 Å². The molecule has 134 valence electrons. The van der Waals surface area contributed by atoms with Crippen LogP contribution < -0.4 is 4.90 Å². The first kappa shape index (κ1) is 17.2. The van der Waals surface area contributed by atoms with Crippen LogP contribution in [0.25, 0.3) is 10.2 Å². The van der Waals surface area contributed by atoms with Gasteiger partial charge in [-0.05, 0) is 50.6 Å². The predicted molar refractivity (Wildman–Crippen MR) is 108 cm³/mol. The number of likely N-dealkylation sites (N-methyl/N-ethyl adjacent to an activating group) is 1. The van der Waals surface area contributed by atoms with Crippen molar-refractivity contribution >= 4 is 33.1 Å². The number of likely N-dealkylation sites (tertiary alicyclic amines) is 1. The number of hydrogen-bond acceptors (Lipinski definition) is 4. The second kappa shape index (κ2) is 7.17. The summed E-state index contributed by atoms with van der Waals surface area (Å²) in [4.78, 5) is 22.0. The van der Waals surface area contributed by atoms with E-state index in [9.17, 15) is 4.79 Å². The molecule has 1 amide bonds. The lowest BCUT2D eigenvalue weighted by Gasteiger charge is -2.31. The summed E-state index contributed by atoms with van der Waals surface area (Å²) in [5.41, 5.74) is 1.99. The van der Waals surface area contributed by atoms with Gasteiger partial charge in [0.1, 0.15) is 5.01 Å². The molecule has 1 fully saturated rings. The maximum Gasteiger partial charge on any atom is 0.243 e. The molecule has 0 radical (unpaired) electrons.